The van der Waals surface area contributed by atoms with Gasteiger partial charge < -0.3 is 9.90 Å². The zero-order valence-corrected chi connectivity index (χ0v) is 20.1. The molecule has 1 N–H and O–H groups in total. The fraction of sp³-hybridized carbons (Fsp3) is 0.500. The fourth-order valence-corrected chi connectivity index (χ4v) is 2.97. The molecule has 0 aromatic heterocycles. The normalized spacial score (nSPS) is 11.8. The number of halogens is 3. The molecule has 1 unspecified atom stereocenters. The van der Waals surface area contributed by atoms with Gasteiger partial charge >= 0.3 is 6.18 Å². The molecule has 0 saturated carbocycles. The van der Waals surface area contributed by atoms with Crippen LogP contribution in [0.25, 0.3) is 0 Å². The molecule has 0 aliphatic rings. The number of hydrogen-bond acceptors (Lipinski definition) is 3. The molecule has 0 heterocycles. The molecule has 0 bridgehead atoms. The lowest BCUT2D eigenvalue weighted by molar-refractivity contribution is -0.146. The van der Waals surface area contributed by atoms with Gasteiger partial charge in [0, 0.05) is 13.1 Å². The molecule has 32 heavy (non-hydrogen) atoms. The molecular formula is C26H38F3NO2. The summed E-state index contributed by atoms with van der Waals surface area (Å²) in [6.07, 6.45) is -2.21. The van der Waals surface area contributed by atoms with E-state index in [0.717, 1.165) is 31.5 Å². The number of carbonyl (C=O) groups excluding carboxylic acids is 1. The van der Waals surface area contributed by atoms with Crippen LogP contribution in [0.1, 0.15) is 63.6 Å². The zero-order chi connectivity index (χ0) is 24.7. The topological polar surface area (TPSA) is 40.5 Å². The van der Waals surface area contributed by atoms with E-state index in [2.05, 4.69) is 25.7 Å². The van der Waals surface area contributed by atoms with Gasteiger partial charge in [0.25, 0.3) is 0 Å². The largest absolute Gasteiger partial charge is 0.508 e. The Morgan fingerprint density at radius 3 is 1.91 bits per heavy atom. The summed E-state index contributed by atoms with van der Waals surface area (Å²) in [5.74, 6) is -0.341. The maximum absolute atomic E-state index is 12.2. The van der Waals surface area contributed by atoms with E-state index >= 15 is 0 Å². The van der Waals surface area contributed by atoms with E-state index in [9.17, 15) is 18.3 Å². The zero-order valence-electron chi connectivity index (χ0n) is 20.1. The van der Waals surface area contributed by atoms with Crippen molar-refractivity contribution < 1.29 is 23.1 Å². The second-order valence-electron chi connectivity index (χ2n) is 8.21. The average molecular weight is 454 g/mol. The van der Waals surface area contributed by atoms with Gasteiger partial charge in [0.15, 0.2) is 0 Å². The minimum atomic E-state index is -4.14. The minimum absolute atomic E-state index is 0.318. The van der Waals surface area contributed by atoms with E-state index in [1.807, 2.05) is 19.1 Å². The van der Waals surface area contributed by atoms with Crippen LogP contribution >= 0.6 is 0 Å². The third-order valence-electron chi connectivity index (χ3n) is 4.57. The average Bonchev–Trinajstić information content (AvgIpc) is 2.70. The van der Waals surface area contributed by atoms with E-state index in [4.69, 9.17) is 4.79 Å². The second kappa shape index (κ2) is 15.5. The van der Waals surface area contributed by atoms with Crippen molar-refractivity contribution in [2.24, 2.45) is 5.92 Å². The van der Waals surface area contributed by atoms with E-state index in [1.165, 1.54) is 38.0 Å². The van der Waals surface area contributed by atoms with Gasteiger partial charge in [-0.2, -0.15) is 13.2 Å². The lowest BCUT2D eigenvalue weighted by Crippen LogP contribution is -2.28. The van der Waals surface area contributed by atoms with Crippen molar-refractivity contribution in [1.29, 1.82) is 0 Å². The molecule has 2 aromatic rings. The maximum Gasteiger partial charge on any atom is 0.395 e. The number of nitrogens with zero attached hydrogens (tertiary/aromatic N) is 1. The number of alkyl halides is 3. The highest BCUT2D eigenvalue weighted by molar-refractivity contribution is 5.44. The number of aldehydes is 1. The van der Waals surface area contributed by atoms with Crippen LogP contribution in [0.3, 0.4) is 0 Å². The van der Waals surface area contributed by atoms with Crippen molar-refractivity contribution in [1.82, 2.24) is 4.90 Å². The summed E-state index contributed by atoms with van der Waals surface area (Å²) in [7, 11) is 0. The number of hydrogen-bond donors (Lipinski definition) is 1. The van der Waals surface area contributed by atoms with Gasteiger partial charge in [-0.15, -0.1) is 0 Å². The van der Waals surface area contributed by atoms with Gasteiger partial charge in [-0.1, -0.05) is 62.7 Å². The summed E-state index contributed by atoms with van der Waals surface area (Å²) < 4.78 is 36.7. The predicted octanol–water partition coefficient (Wildman–Crippen LogP) is 7.13. The standard InChI is InChI=1S/C14H23NO.C10H11F3.C2H4O/c1-4-9-15(10-12(2)3)11-13-5-7-14(16)8-6-13;1-7-3-5-9(6-4-7)8(2)10(11,12)13;1-2-3/h5-8,12,16H,4,9-11H2,1-3H3;3-6,8H,1-2H3;2H,1H3. The fourth-order valence-electron chi connectivity index (χ4n) is 2.97. The number of benzene rings is 2. The lowest BCUT2D eigenvalue weighted by Gasteiger charge is -2.23. The monoisotopic (exact) mass is 453 g/mol. The van der Waals surface area contributed by atoms with E-state index in [1.54, 1.807) is 24.3 Å². The third kappa shape index (κ3) is 13.2. The Morgan fingerprint density at radius 1 is 1.00 bits per heavy atom. The van der Waals surface area contributed by atoms with Crippen molar-refractivity contribution in [2.75, 3.05) is 13.1 Å². The highest BCUT2D eigenvalue weighted by Gasteiger charge is 2.36. The second-order valence-corrected chi connectivity index (χ2v) is 8.21. The van der Waals surface area contributed by atoms with E-state index < -0.39 is 12.1 Å². The highest BCUT2D eigenvalue weighted by atomic mass is 19.4. The van der Waals surface area contributed by atoms with Crippen molar-refractivity contribution >= 4 is 6.29 Å². The Kier molecular flexibility index (Phi) is 14.3. The molecule has 6 heteroatoms. The molecule has 2 rings (SSSR count). The van der Waals surface area contributed by atoms with Crippen LogP contribution < -0.4 is 0 Å². The summed E-state index contributed by atoms with van der Waals surface area (Å²) in [5.41, 5.74) is 2.56. The Balaban J connectivity index is 0.000000543. The molecule has 0 spiro atoms. The minimum Gasteiger partial charge on any atom is -0.508 e. The summed E-state index contributed by atoms with van der Waals surface area (Å²) in [6.45, 7) is 14.4. The first-order valence-electron chi connectivity index (χ1n) is 11.0. The molecule has 1 atom stereocenters. The van der Waals surface area contributed by atoms with Crippen molar-refractivity contribution in [3.8, 4) is 5.75 Å². The van der Waals surface area contributed by atoms with E-state index in [-0.39, 0.29) is 0 Å². The number of rotatable bonds is 7. The molecule has 0 radical (unpaired) electrons. The molecule has 3 nitrogen and oxygen atoms in total. The van der Waals surface area contributed by atoms with Crippen molar-refractivity contribution in [3.63, 3.8) is 0 Å². The molecule has 0 amide bonds. The SMILES string of the molecule is CC=O.CCCN(Cc1ccc(O)cc1)CC(C)C.Cc1ccc(C(C)C(F)(F)F)cc1. The summed E-state index contributed by atoms with van der Waals surface area (Å²) in [4.78, 5) is 11.3. The van der Waals surface area contributed by atoms with Crippen LogP contribution in [-0.2, 0) is 11.3 Å². The van der Waals surface area contributed by atoms with Gasteiger partial charge in [0.05, 0.1) is 5.92 Å². The van der Waals surface area contributed by atoms with E-state index in [0.29, 0.717) is 17.2 Å². The molecule has 0 aliphatic carbocycles. The Labute approximate surface area is 191 Å². The maximum atomic E-state index is 12.2. The Bertz CT molecular complexity index is 741. The molecular weight excluding hydrogens is 415 g/mol. The molecule has 0 fully saturated rings. The number of phenolic OH excluding ortho intramolecular Hbond substituents is 1. The molecule has 2 aromatic carbocycles. The van der Waals surface area contributed by atoms with Crippen LogP contribution in [0.4, 0.5) is 13.2 Å². The van der Waals surface area contributed by atoms with Crippen molar-refractivity contribution in [3.05, 3.63) is 65.2 Å². The Hall–Kier alpha value is -2.34. The quantitative estimate of drug-likeness (QED) is 0.454. The number of phenols is 1. The lowest BCUT2D eigenvalue weighted by atomic mass is 10.00. The van der Waals surface area contributed by atoms with Crippen LogP contribution in [0, 0.1) is 12.8 Å². The van der Waals surface area contributed by atoms with Gasteiger partial charge in [-0.3, -0.25) is 4.90 Å². The van der Waals surface area contributed by atoms with Crippen LogP contribution in [0.15, 0.2) is 48.5 Å². The first-order valence-corrected chi connectivity index (χ1v) is 11.0. The molecule has 0 aliphatic heterocycles. The summed E-state index contributed by atoms with van der Waals surface area (Å²) in [6, 6.07) is 13.9. The Morgan fingerprint density at radius 2 is 1.50 bits per heavy atom. The number of carbonyl (C=O) groups is 1. The highest BCUT2D eigenvalue weighted by Crippen LogP contribution is 2.34. The van der Waals surface area contributed by atoms with Gasteiger partial charge in [0.2, 0.25) is 0 Å². The van der Waals surface area contributed by atoms with Gasteiger partial charge in [-0.25, -0.2) is 0 Å². The first-order chi connectivity index (χ1) is 14.9. The predicted molar refractivity (Wildman–Crippen MR) is 126 cm³/mol. The third-order valence-corrected chi connectivity index (χ3v) is 4.57. The van der Waals surface area contributed by atoms with Gasteiger partial charge in [-0.05, 0) is 62.9 Å². The summed E-state index contributed by atoms with van der Waals surface area (Å²) in [5, 5.41) is 9.23. The first kappa shape index (κ1) is 29.7. The molecule has 180 valence electrons. The van der Waals surface area contributed by atoms with Crippen LogP contribution in [0.2, 0.25) is 0 Å². The van der Waals surface area contributed by atoms with Crippen LogP contribution in [0.5, 0.6) is 5.75 Å². The van der Waals surface area contributed by atoms with Gasteiger partial charge in [0.1, 0.15) is 12.0 Å². The number of aryl methyl sites for hydroxylation is 1. The molecule has 0 saturated heterocycles. The van der Waals surface area contributed by atoms with Crippen LogP contribution in [-0.4, -0.2) is 35.6 Å². The number of aromatic hydroxyl groups is 1. The summed E-state index contributed by atoms with van der Waals surface area (Å²) >= 11 is 0. The van der Waals surface area contributed by atoms with Crippen molar-refractivity contribution in [2.45, 2.75) is 66.6 Å². The smallest absolute Gasteiger partial charge is 0.395 e.